The Hall–Kier alpha value is -1.61. The molecule has 0 aliphatic rings. The minimum Gasteiger partial charge on any atom is -0.459 e. The van der Waals surface area contributed by atoms with E-state index in [4.69, 9.17) is 4.42 Å². The maximum Gasteiger partial charge on any atom is 0.137 e. The van der Waals surface area contributed by atoms with E-state index in [-0.39, 0.29) is 11.9 Å². The summed E-state index contributed by atoms with van der Waals surface area (Å²) < 4.78 is 19.3. The van der Waals surface area contributed by atoms with Gasteiger partial charge in [-0.2, -0.15) is 0 Å². The van der Waals surface area contributed by atoms with Gasteiger partial charge in [-0.3, -0.25) is 0 Å². The van der Waals surface area contributed by atoms with Gasteiger partial charge >= 0.3 is 0 Å². The molecular formula is C15H18FNO. The summed E-state index contributed by atoms with van der Waals surface area (Å²) in [6.45, 7) is 5.10. The van der Waals surface area contributed by atoms with Crippen molar-refractivity contribution in [3.05, 3.63) is 48.0 Å². The lowest BCUT2D eigenvalue weighted by Gasteiger charge is -2.09. The third-order valence-corrected chi connectivity index (χ3v) is 2.89. The van der Waals surface area contributed by atoms with E-state index >= 15 is 0 Å². The van der Waals surface area contributed by atoms with E-state index in [1.54, 1.807) is 18.2 Å². The zero-order chi connectivity index (χ0) is 13.0. The Balaban J connectivity index is 2.18. The number of benzene rings is 1. The van der Waals surface area contributed by atoms with Gasteiger partial charge in [-0.15, -0.1) is 0 Å². The highest BCUT2D eigenvalue weighted by Crippen LogP contribution is 2.27. The fourth-order valence-corrected chi connectivity index (χ4v) is 1.85. The first-order valence-corrected chi connectivity index (χ1v) is 6.30. The first kappa shape index (κ1) is 12.8. The van der Waals surface area contributed by atoms with Gasteiger partial charge in [0.05, 0.1) is 11.6 Å². The van der Waals surface area contributed by atoms with Gasteiger partial charge < -0.3 is 9.73 Å². The second-order valence-electron chi connectivity index (χ2n) is 4.36. The lowest BCUT2D eigenvalue weighted by Crippen LogP contribution is -2.18. The van der Waals surface area contributed by atoms with E-state index in [0.717, 1.165) is 18.7 Å². The van der Waals surface area contributed by atoms with Gasteiger partial charge in [-0.25, -0.2) is 4.39 Å². The van der Waals surface area contributed by atoms with Crippen molar-refractivity contribution in [2.45, 2.75) is 26.3 Å². The van der Waals surface area contributed by atoms with Gasteiger partial charge in [0.15, 0.2) is 0 Å². The molecule has 0 bridgehead atoms. The molecule has 0 aliphatic carbocycles. The first-order valence-electron chi connectivity index (χ1n) is 6.30. The highest BCUT2D eigenvalue weighted by molar-refractivity contribution is 5.58. The quantitative estimate of drug-likeness (QED) is 0.858. The van der Waals surface area contributed by atoms with Crippen LogP contribution in [0.1, 0.15) is 32.1 Å². The third-order valence-electron chi connectivity index (χ3n) is 2.89. The van der Waals surface area contributed by atoms with Crippen LogP contribution in [0.3, 0.4) is 0 Å². The van der Waals surface area contributed by atoms with E-state index in [0.29, 0.717) is 11.3 Å². The summed E-state index contributed by atoms with van der Waals surface area (Å²) in [5.74, 6) is 1.16. The Morgan fingerprint density at radius 2 is 2.00 bits per heavy atom. The van der Waals surface area contributed by atoms with Crippen LogP contribution in [0.25, 0.3) is 11.3 Å². The molecule has 1 heterocycles. The lowest BCUT2D eigenvalue weighted by molar-refractivity contribution is 0.437. The topological polar surface area (TPSA) is 25.2 Å². The van der Waals surface area contributed by atoms with Gasteiger partial charge in [0.2, 0.25) is 0 Å². The highest BCUT2D eigenvalue weighted by atomic mass is 19.1. The monoisotopic (exact) mass is 247 g/mol. The van der Waals surface area contributed by atoms with E-state index in [2.05, 4.69) is 12.2 Å². The molecule has 0 saturated carbocycles. The Kier molecular flexibility index (Phi) is 4.15. The molecule has 1 atom stereocenters. The Labute approximate surface area is 107 Å². The zero-order valence-electron chi connectivity index (χ0n) is 10.7. The summed E-state index contributed by atoms with van der Waals surface area (Å²) in [6, 6.07) is 10.5. The van der Waals surface area contributed by atoms with Crippen LogP contribution in [0.15, 0.2) is 40.8 Å². The van der Waals surface area contributed by atoms with Gasteiger partial charge in [0.25, 0.3) is 0 Å². The van der Waals surface area contributed by atoms with Crippen LogP contribution in [-0.2, 0) is 0 Å². The van der Waals surface area contributed by atoms with Crippen molar-refractivity contribution in [3.63, 3.8) is 0 Å². The zero-order valence-corrected chi connectivity index (χ0v) is 10.7. The minimum atomic E-state index is -0.257. The number of rotatable bonds is 5. The molecule has 0 amide bonds. The molecule has 1 N–H and O–H groups in total. The summed E-state index contributed by atoms with van der Waals surface area (Å²) in [7, 11) is 0. The van der Waals surface area contributed by atoms with Gasteiger partial charge in [-0.1, -0.05) is 19.1 Å². The van der Waals surface area contributed by atoms with Crippen LogP contribution in [0, 0.1) is 5.82 Å². The van der Waals surface area contributed by atoms with Crippen LogP contribution < -0.4 is 5.32 Å². The maximum absolute atomic E-state index is 13.6. The van der Waals surface area contributed by atoms with Crippen molar-refractivity contribution >= 4 is 0 Å². The molecule has 1 unspecified atom stereocenters. The number of furan rings is 1. The summed E-state index contributed by atoms with van der Waals surface area (Å²) in [4.78, 5) is 0. The predicted molar refractivity (Wildman–Crippen MR) is 70.8 cm³/mol. The second-order valence-corrected chi connectivity index (χ2v) is 4.36. The largest absolute Gasteiger partial charge is 0.459 e. The van der Waals surface area contributed by atoms with Crippen molar-refractivity contribution in [2.24, 2.45) is 0 Å². The van der Waals surface area contributed by atoms with Crippen LogP contribution in [0.2, 0.25) is 0 Å². The molecule has 1 aromatic carbocycles. The predicted octanol–water partition coefficient (Wildman–Crippen LogP) is 4.15. The van der Waals surface area contributed by atoms with E-state index in [1.807, 2.05) is 19.1 Å². The second kappa shape index (κ2) is 5.83. The summed E-state index contributed by atoms with van der Waals surface area (Å²) in [5, 5.41) is 3.34. The normalized spacial score (nSPS) is 12.6. The molecule has 0 spiro atoms. The smallest absolute Gasteiger partial charge is 0.137 e. The number of halogens is 1. The van der Waals surface area contributed by atoms with Crippen LogP contribution in [0.5, 0.6) is 0 Å². The van der Waals surface area contributed by atoms with Crippen LogP contribution in [0.4, 0.5) is 4.39 Å². The van der Waals surface area contributed by atoms with Crippen molar-refractivity contribution in [2.75, 3.05) is 6.54 Å². The molecule has 2 aromatic rings. The number of hydrogen-bond acceptors (Lipinski definition) is 2. The van der Waals surface area contributed by atoms with E-state index in [9.17, 15) is 4.39 Å². The standard InChI is InChI=1S/C15H18FNO/c1-3-10-17-11(2)14-8-9-15(18-14)12-6-4-5-7-13(12)16/h4-9,11,17H,3,10H2,1-2H3. The lowest BCUT2D eigenvalue weighted by atomic mass is 10.1. The van der Waals surface area contributed by atoms with Crippen molar-refractivity contribution in [3.8, 4) is 11.3 Å². The molecule has 1 aromatic heterocycles. The maximum atomic E-state index is 13.6. The fraction of sp³-hybridized carbons (Fsp3) is 0.333. The van der Waals surface area contributed by atoms with Crippen LogP contribution in [-0.4, -0.2) is 6.54 Å². The van der Waals surface area contributed by atoms with E-state index < -0.39 is 0 Å². The molecule has 3 heteroatoms. The molecule has 0 radical (unpaired) electrons. The summed E-state index contributed by atoms with van der Waals surface area (Å²) in [6.07, 6.45) is 1.07. The molecule has 18 heavy (non-hydrogen) atoms. The number of hydrogen-bond donors (Lipinski definition) is 1. The molecule has 0 fully saturated rings. The SMILES string of the molecule is CCCNC(C)c1ccc(-c2ccccc2F)o1. The molecule has 0 aliphatic heterocycles. The molecule has 0 saturated heterocycles. The average Bonchev–Trinajstić information content (AvgIpc) is 2.86. The summed E-state index contributed by atoms with van der Waals surface area (Å²) in [5.41, 5.74) is 0.506. The van der Waals surface area contributed by atoms with Crippen molar-refractivity contribution in [1.29, 1.82) is 0 Å². The third kappa shape index (κ3) is 2.79. The fourth-order valence-electron chi connectivity index (χ4n) is 1.85. The van der Waals surface area contributed by atoms with Crippen LogP contribution >= 0.6 is 0 Å². The van der Waals surface area contributed by atoms with Gasteiger partial charge in [0, 0.05) is 0 Å². The molecule has 96 valence electrons. The van der Waals surface area contributed by atoms with Gasteiger partial charge in [-0.05, 0) is 44.2 Å². The Bertz CT molecular complexity index is 507. The van der Waals surface area contributed by atoms with E-state index in [1.165, 1.54) is 6.07 Å². The van der Waals surface area contributed by atoms with Gasteiger partial charge in [0.1, 0.15) is 17.3 Å². The molecule has 2 nitrogen and oxygen atoms in total. The first-order chi connectivity index (χ1) is 8.72. The summed E-state index contributed by atoms with van der Waals surface area (Å²) >= 11 is 0. The average molecular weight is 247 g/mol. The minimum absolute atomic E-state index is 0.144. The molecule has 2 rings (SSSR count). The van der Waals surface area contributed by atoms with Crippen molar-refractivity contribution < 1.29 is 8.81 Å². The Morgan fingerprint density at radius 1 is 1.22 bits per heavy atom. The molecular weight excluding hydrogens is 229 g/mol. The highest BCUT2D eigenvalue weighted by Gasteiger charge is 2.12. The van der Waals surface area contributed by atoms with Crippen molar-refractivity contribution in [1.82, 2.24) is 5.32 Å². The Morgan fingerprint density at radius 3 is 2.72 bits per heavy atom. The number of nitrogens with one attached hydrogen (secondary N) is 1.